The summed E-state index contributed by atoms with van der Waals surface area (Å²) in [6.45, 7) is 10.6. The van der Waals surface area contributed by atoms with Crippen LogP contribution in [0.5, 0.6) is 0 Å². The zero-order chi connectivity index (χ0) is 13.6. The summed E-state index contributed by atoms with van der Waals surface area (Å²) in [7, 11) is 0. The van der Waals surface area contributed by atoms with Gasteiger partial charge in [-0.15, -0.1) is 0 Å². The van der Waals surface area contributed by atoms with Crippen molar-refractivity contribution in [2.45, 2.75) is 91.2 Å². The summed E-state index contributed by atoms with van der Waals surface area (Å²) < 4.78 is 5.58. The molecule has 0 bridgehead atoms. The van der Waals surface area contributed by atoms with E-state index >= 15 is 0 Å². The monoisotopic (exact) mass is 257 g/mol. The Kier molecular flexibility index (Phi) is 13.3. The van der Waals surface area contributed by atoms with Crippen molar-refractivity contribution in [3.05, 3.63) is 0 Å². The van der Waals surface area contributed by atoms with E-state index in [1.165, 1.54) is 51.4 Å². The van der Waals surface area contributed by atoms with Crippen LogP contribution in [0, 0.1) is 0 Å². The second-order valence-electron chi connectivity index (χ2n) is 5.36. The molecule has 0 aliphatic rings. The zero-order valence-electron chi connectivity index (χ0n) is 13.1. The van der Waals surface area contributed by atoms with Gasteiger partial charge in [-0.2, -0.15) is 0 Å². The molecular weight excluding hydrogens is 222 g/mol. The molecule has 0 aromatic heterocycles. The van der Waals surface area contributed by atoms with Gasteiger partial charge in [0, 0.05) is 19.2 Å². The van der Waals surface area contributed by atoms with E-state index in [1.807, 2.05) is 0 Å². The Morgan fingerprint density at radius 3 is 1.89 bits per heavy atom. The van der Waals surface area contributed by atoms with Crippen molar-refractivity contribution in [2.75, 3.05) is 13.2 Å². The molecule has 0 rings (SSSR count). The first kappa shape index (κ1) is 17.9. The third-order valence-electron chi connectivity index (χ3n) is 3.46. The van der Waals surface area contributed by atoms with Gasteiger partial charge < -0.3 is 10.1 Å². The normalized spacial score (nSPS) is 13.2. The van der Waals surface area contributed by atoms with E-state index in [-0.39, 0.29) is 0 Å². The van der Waals surface area contributed by atoms with E-state index in [4.69, 9.17) is 4.74 Å². The molecule has 0 radical (unpaired) electrons. The number of nitrogens with one attached hydrogen (secondary N) is 1. The maximum atomic E-state index is 5.58. The van der Waals surface area contributed by atoms with Gasteiger partial charge in [0.2, 0.25) is 0 Å². The topological polar surface area (TPSA) is 21.3 Å². The molecule has 110 valence electrons. The molecule has 0 aromatic rings. The fourth-order valence-electron chi connectivity index (χ4n) is 2.31. The third kappa shape index (κ3) is 11.0. The smallest absolute Gasteiger partial charge is 0.0671 e. The minimum atomic E-state index is 0.342. The molecule has 1 unspecified atom stereocenters. The Balaban J connectivity index is 3.79. The van der Waals surface area contributed by atoms with Crippen LogP contribution in [-0.2, 0) is 4.74 Å². The minimum Gasteiger partial charge on any atom is -0.377 e. The van der Waals surface area contributed by atoms with Gasteiger partial charge in [0.25, 0.3) is 0 Å². The lowest BCUT2D eigenvalue weighted by Crippen LogP contribution is -2.35. The van der Waals surface area contributed by atoms with E-state index in [9.17, 15) is 0 Å². The van der Waals surface area contributed by atoms with Crippen molar-refractivity contribution >= 4 is 0 Å². The molecule has 18 heavy (non-hydrogen) atoms. The molecule has 2 nitrogen and oxygen atoms in total. The predicted molar refractivity (Wildman–Crippen MR) is 81.2 cm³/mol. The second-order valence-corrected chi connectivity index (χ2v) is 5.36. The van der Waals surface area contributed by atoms with Crippen molar-refractivity contribution in [2.24, 2.45) is 0 Å². The number of ether oxygens (including phenoxy) is 1. The van der Waals surface area contributed by atoms with Gasteiger partial charge in [0.05, 0.1) is 6.10 Å². The molecule has 0 heterocycles. The molecule has 0 saturated heterocycles. The first-order valence-electron chi connectivity index (χ1n) is 8.09. The van der Waals surface area contributed by atoms with Crippen LogP contribution in [0.2, 0.25) is 0 Å². The number of hydrogen-bond donors (Lipinski definition) is 1. The molecule has 2 heteroatoms. The number of unbranched alkanes of at least 4 members (excludes halogenated alkanes) is 4. The summed E-state index contributed by atoms with van der Waals surface area (Å²) in [5.74, 6) is 0. The molecule has 0 aliphatic heterocycles. The van der Waals surface area contributed by atoms with Gasteiger partial charge in [0.1, 0.15) is 0 Å². The highest BCUT2D eigenvalue weighted by Crippen LogP contribution is 2.11. The Morgan fingerprint density at radius 1 is 0.889 bits per heavy atom. The lowest BCUT2D eigenvalue weighted by molar-refractivity contribution is 0.0732. The molecule has 0 aliphatic carbocycles. The Labute approximate surface area is 115 Å². The fourth-order valence-corrected chi connectivity index (χ4v) is 2.31. The summed E-state index contributed by atoms with van der Waals surface area (Å²) in [6, 6.07) is 0.700. The summed E-state index contributed by atoms with van der Waals surface area (Å²) in [5.41, 5.74) is 0. The summed E-state index contributed by atoms with van der Waals surface area (Å²) in [5, 5.41) is 3.70. The van der Waals surface area contributed by atoms with Crippen molar-refractivity contribution in [1.82, 2.24) is 5.32 Å². The number of hydrogen-bond acceptors (Lipinski definition) is 2. The highest BCUT2D eigenvalue weighted by molar-refractivity contribution is 4.69. The van der Waals surface area contributed by atoms with Gasteiger partial charge in [-0.05, 0) is 26.7 Å². The highest BCUT2D eigenvalue weighted by atomic mass is 16.5. The van der Waals surface area contributed by atoms with Crippen molar-refractivity contribution < 1.29 is 4.74 Å². The molecule has 0 saturated carbocycles. The van der Waals surface area contributed by atoms with E-state index in [0.29, 0.717) is 12.1 Å². The lowest BCUT2D eigenvalue weighted by Gasteiger charge is -2.21. The SMILES string of the molecule is CCCCCC(CCCCC)NCC(C)OCC. The Hall–Kier alpha value is -0.0800. The van der Waals surface area contributed by atoms with Gasteiger partial charge in [-0.25, -0.2) is 0 Å². The van der Waals surface area contributed by atoms with Gasteiger partial charge in [0.15, 0.2) is 0 Å². The highest BCUT2D eigenvalue weighted by Gasteiger charge is 2.09. The molecule has 1 N–H and O–H groups in total. The second kappa shape index (κ2) is 13.4. The van der Waals surface area contributed by atoms with Crippen molar-refractivity contribution in [1.29, 1.82) is 0 Å². The van der Waals surface area contributed by atoms with Crippen LogP contribution in [-0.4, -0.2) is 25.3 Å². The maximum Gasteiger partial charge on any atom is 0.0671 e. The molecular formula is C16H35NO. The zero-order valence-corrected chi connectivity index (χ0v) is 13.1. The van der Waals surface area contributed by atoms with E-state index in [0.717, 1.165) is 13.2 Å². The molecule has 0 aromatic carbocycles. The quantitative estimate of drug-likeness (QED) is 0.489. The van der Waals surface area contributed by atoms with Crippen LogP contribution in [0.4, 0.5) is 0 Å². The summed E-state index contributed by atoms with van der Waals surface area (Å²) >= 11 is 0. The largest absolute Gasteiger partial charge is 0.377 e. The van der Waals surface area contributed by atoms with Crippen LogP contribution in [0.25, 0.3) is 0 Å². The Bertz CT molecular complexity index is 151. The van der Waals surface area contributed by atoms with Crippen LogP contribution in [0.3, 0.4) is 0 Å². The van der Waals surface area contributed by atoms with E-state index < -0.39 is 0 Å². The minimum absolute atomic E-state index is 0.342. The molecule has 0 fully saturated rings. The summed E-state index contributed by atoms with van der Waals surface area (Å²) in [6.07, 6.45) is 11.1. The van der Waals surface area contributed by atoms with Crippen LogP contribution in [0.1, 0.15) is 79.1 Å². The standard InChI is InChI=1S/C16H35NO/c1-5-8-10-12-16(13-11-9-6-2)17-14-15(4)18-7-3/h15-17H,5-14H2,1-4H3. The first-order chi connectivity index (χ1) is 8.74. The molecule has 0 spiro atoms. The average molecular weight is 257 g/mol. The maximum absolute atomic E-state index is 5.58. The number of rotatable bonds is 13. The fraction of sp³-hybridized carbons (Fsp3) is 1.00. The van der Waals surface area contributed by atoms with E-state index in [1.54, 1.807) is 0 Å². The van der Waals surface area contributed by atoms with Crippen LogP contribution >= 0.6 is 0 Å². The summed E-state index contributed by atoms with van der Waals surface area (Å²) in [4.78, 5) is 0. The predicted octanol–water partition coefficient (Wildman–Crippen LogP) is 4.53. The van der Waals surface area contributed by atoms with Gasteiger partial charge in [-0.3, -0.25) is 0 Å². The van der Waals surface area contributed by atoms with Crippen molar-refractivity contribution in [3.63, 3.8) is 0 Å². The van der Waals surface area contributed by atoms with E-state index in [2.05, 4.69) is 33.0 Å². The van der Waals surface area contributed by atoms with Gasteiger partial charge in [-0.1, -0.05) is 52.4 Å². The van der Waals surface area contributed by atoms with Crippen LogP contribution < -0.4 is 5.32 Å². The molecule has 0 amide bonds. The lowest BCUT2D eigenvalue weighted by atomic mass is 10.0. The van der Waals surface area contributed by atoms with Gasteiger partial charge >= 0.3 is 0 Å². The average Bonchev–Trinajstić information content (AvgIpc) is 2.36. The third-order valence-corrected chi connectivity index (χ3v) is 3.46. The molecule has 1 atom stereocenters. The van der Waals surface area contributed by atoms with Crippen molar-refractivity contribution in [3.8, 4) is 0 Å². The Morgan fingerprint density at radius 2 is 1.44 bits per heavy atom. The van der Waals surface area contributed by atoms with Crippen LogP contribution in [0.15, 0.2) is 0 Å². The first-order valence-corrected chi connectivity index (χ1v) is 8.09.